The van der Waals surface area contributed by atoms with Crippen LogP contribution in [0.4, 0.5) is 0 Å². The minimum atomic E-state index is 0.0721. The van der Waals surface area contributed by atoms with E-state index in [1.807, 2.05) is 12.1 Å². The molecule has 0 fully saturated rings. The molecule has 1 aromatic carbocycles. The summed E-state index contributed by atoms with van der Waals surface area (Å²) in [5.74, 6) is 0.800. The van der Waals surface area contributed by atoms with Crippen LogP contribution in [0.2, 0.25) is 0 Å². The molecule has 0 radical (unpaired) electrons. The first-order valence-corrected chi connectivity index (χ1v) is 7.62. The Morgan fingerprint density at radius 3 is 2.45 bits per heavy atom. The van der Waals surface area contributed by atoms with E-state index in [-0.39, 0.29) is 5.54 Å². The summed E-state index contributed by atoms with van der Waals surface area (Å²) in [7, 11) is 0. The lowest BCUT2D eigenvalue weighted by Crippen LogP contribution is -2.35. The lowest BCUT2D eigenvalue weighted by atomic mass is 10.1. The molecule has 5 heteroatoms. The average molecular weight is 291 g/mol. The van der Waals surface area contributed by atoms with Crippen molar-refractivity contribution < 1.29 is 4.74 Å². The first-order chi connectivity index (χ1) is 9.46. The number of nitrogens with one attached hydrogen (secondary N) is 1. The van der Waals surface area contributed by atoms with E-state index < -0.39 is 0 Å². The fourth-order valence-corrected chi connectivity index (χ4v) is 2.23. The highest BCUT2D eigenvalue weighted by atomic mass is 32.1. The molecular weight excluding hydrogens is 270 g/mol. The topological polar surface area (TPSA) is 47.0 Å². The zero-order valence-corrected chi connectivity index (χ0v) is 13.3. The van der Waals surface area contributed by atoms with Crippen molar-refractivity contribution in [1.82, 2.24) is 15.5 Å². The minimum absolute atomic E-state index is 0.0721. The number of hydrogen-bond acceptors (Lipinski definition) is 5. The van der Waals surface area contributed by atoms with E-state index in [9.17, 15) is 0 Å². The summed E-state index contributed by atoms with van der Waals surface area (Å²) < 4.78 is 5.71. The van der Waals surface area contributed by atoms with Crippen LogP contribution in [0, 0.1) is 0 Å². The standard InChI is InChI=1S/C15H21N3OS/c1-5-11-6-8-12(9-7-11)19-14-18-17-13(20-14)10-16-15(2,3)4/h6-9,16H,5,10H2,1-4H3. The first-order valence-electron chi connectivity index (χ1n) is 6.80. The predicted octanol–water partition coefficient (Wildman–Crippen LogP) is 3.78. The number of aromatic nitrogens is 2. The van der Waals surface area contributed by atoms with Gasteiger partial charge in [0.1, 0.15) is 10.8 Å². The van der Waals surface area contributed by atoms with Gasteiger partial charge in [-0.15, -0.1) is 5.10 Å². The number of benzene rings is 1. The van der Waals surface area contributed by atoms with Crippen molar-refractivity contribution in [2.24, 2.45) is 0 Å². The Labute approximate surface area is 124 Å². The van der Waals surface area contributed by atoms with Crippen molar-refractivity contribution in [3.05, 3.63) is 34.8 Å². The van der Waals surface area contributed by atoms with Gasteiger partial charge in [0.2, 0.25) is 0 Å². The van der Waals surface area contributed by atoms with Crippen molar-refractivity contribution in [3.63, 3.8) is 0 Å². The molecule has 20 heavy (non-hydrogen) atoms. The van der Waals surface area contributed by atoms with E-state index in [2.05, 4.69) is 55.3 Å². The van der Waals surface area contributed by atoms with Gasteiger partial charge in [0.15, 0.2) is 0 Å². The van der Waals surface area contributed by atoms with Gasteiger partial charge in [-0.3, -0.25) is 0 Å². The highest BCUT2D eigenvalue weighted by molar-refractivity contribution is 7.13. The van der Waals surface area contributed by atoms with Gasteiger partial charge in [0.25, 0.3) is 5.19 Å². The van der Waals surface area contributed by atoms with E-state index in [4.69, 9.17) is 4.74 Å². The summed E-state index contributed by atoms with van der Waals surface area (Å²) >= 11 is 1.47. The molecule has 2 rings (SSSR count). The normalized spacial score (nSPS) is 11.6. The highest BCUT2D eigenvalue weighted by Crippen LogP contribution is 2.25. The molecule has 0 amide bonds. The van der Waals surface area contributed by atoms with Gasteiger partial charge in [-0.2, -0.15) is 0 Å². The van der Waals surface area contributed by atoms with E-state index in [1.165, 1.54) is 16.9 Å². The molecule has 0 bridgehead atoms. The molecule has 1 N–H and O–H groups in total. The number of hydrogen-bond donors (Lipinski definition) is 1. The van der Waals surface area contributed by atoms with Gasteiger partial charge in [-0.1, -0.05) is 35.5 Å². The van der Waals surface area contributed by atoms with Crippen LogP contribution < -0.4 is 10.1 Å². The smallest absolute Gasteiger partial charge is 0.299 e. The Morgan fingerprint density at radius 2 is 1.85 bits per heavy atom. The molecule has 1 aromatic heterocycles. The third kappa shape index (κ3) is 4.58. The molecule has 0 aliphatic carbocycles. The number of nitrogens with zero attached hydrogens (tertiary/aromatic N) is 2. The Kier molecular flexibility index (Phi) is 4.73. The second-order valence-electron chi connectivity index (χ2n) is 5.66. The third-order valence-corrected chi connectivity index (χ3v) is 3.56. The van der Waals surface area contributed by atoms with Crippen LogP contribution in [-0.2, 0) is 13.0 Å². The number of ether oxygens (including phenoxy) is 1. The lowest BCUT2D eigenvalue weighted by Gasteiger charge is -2.19. The van der Waals surface area contributed by atoms with Crippen LogP contribution in [0.5, 0.6) is 10.9 Å². The molecule has 108 valence electrons. The molecule has 1 heterocycles. The SMILES string of the molecule is CCc1ccc(Oc2nnc(CNC(C)(C)C)s2)cc1. The van der Waals surface area contributed by atoms with Crippen molar-refractivity contribution in [1.29, 1.82) is 0 Å². The van der Waals surface area contributed by atoms with Crippen molar-refractivity contribution in [3.8, 4) is 10.9 Å². The van der Waals surface area contributed by atoms with Gasteiger partial charge in [0.05, 0.1) is 6.54 Å². The molecule has 0 saturated heterocycles. The maximum Gasteiger partial charge on any atom is 0.299 e. The van der Waals surface area contributed by atoms with Gasteiger partial charge in [-0.05, 0) is 44.9 Å². The van der Waals surface area contributed by atoms with Gasteiger partial charge < -0.3 is 10.1 Å². The fraction of sp³-hybridized carbons (Fsp3) is 0.467. The van der Waals surface area contributed by atoms with E-state index in [0.717, 1.165) is 17.2 Å². The quantitative estimate of drug-likeness (QED) is 0.910. The summed E-state index contributed by atoms with van der Waals surface area (Å²) in [5.41, 5.74) is 1.37. The predicted molar refractivity (Wildman–Crippen MR) is 82.4 cm³/mol. The van der Waals surface area contributed by atoms with E-state index >= 15 is 0 Å². The summed E-state index contributed by atoms with van der Waals surface area (Å²) in [6, 6.07) is 8.07. The van der Waals surface area contributed by atoms with Crippen molar-refractivity contribution in [2.45, 2.75) is 46.2 Å². The average Bonchev–Trinajstić information content (AvgIpc) is 2.84. The molecule has 0 atom stereocenters. The summed E-state index contributed by atoms with van der Waals surface area (Å²) in [5, 5.41) is 13.1. The van der Waals surface area contributed by atoms with Gasteiger partial charge in [-0.25, -0.2) is 0 Å². The molecule has 0 aliphatic heterocycles. The fourth-order valence-electron chi connectivity index (χ4n) is 1.59. The van der Waals surface area contributed by atoms with Crippen LogP contribution in [0.1, 0.15) is 38.3 Å². The second-order valence-corrected chi connectivity index (χ2v) is 6.69. The Hall–Kier alpha value is -1.46. The minimum Gasteiger partial charge on any atom is -0.430 e. The van der Waals surface area contributed by atoms with E-state index in [0.29, 0.717) is 11.7 Å². The van der Waals surface area contributed by atoms with Crippen molar-refractivity contribution in [2.75, 3.05) is 0 Å². The summed E-state index contributed by atoms with van der Waals surface area (Å²) in [6.45, 7) is 9.22. The molecule has 0 saturated carbocycles. The Morgan fingerprint density at radius 1 is 1.15 bits per heavy atom. The van der Waals surface area contributed by atoms with Crippen LogP contribution in [-0.4, -0.2) is 15.7 Å². The second kappa shape index (κ2) is 6.33. The molecule has 0 aliphatic rings. The van der Waals surface area contributed by atoms with Crippen LogP contribution in [0.25, 0.3) is 0 Å². The maximum atomic E-state index is 5.71. The van der Waals surface area contributed by atoms with Crippen LogP contribution >= 0.6 is 11.3 Å². The third-order valence-electron chi connectivity index (χ3n) is 2.76. The zero-order valence-electron chi connectivity index (χ0n) is 12.4. The van der Waals surface area contributed by atoms with Gasteiger partial charge in [0, 0.05) is 5.54 Å². The monoisotopic (exact) mass is 291 g/mol. The zero-order chi connectivity index (χ0) is 14.6. The molecule has 4 nitrogen and oxygen atoms in total. The molecule has 2 aromatic rings. The Balaban J connectivity index is 1.94. The lowest BCUT2D eigenvalue weighted by molar-refractivity contribution is 0.423. The van der Waals surface area contributed by atoms with Crippen LogP contribution in [0.15, 0.2) is 24.3 Å². The van der Waals surface area contributed by atoms with Crippen molar-refractivity contribution >= 4 is 11.3 Å². The first kappa shape index (κ1) is 14.9. The molecule has 0 spiro atoms. The molecule has 0 unspecified atom stereocenters. The van der Waals surface area contributed by atoms with E-state index in [1.54, 1.807) is 0 Å². The largest absolute Gasteiger partial charge is 0.430 e. The summed E-state index contributed by atoms with van der Waals surface area (Å²) in [4.78, 5) is 0. The summed E-state index contributed by atoms with van der Waals surface area (Å²) in [6.07, 6.45) is 1.03. The van der Waals surface area contributed by atoms with Gasteiger partial charge >= 0.3 is 0 Å². The molecular formula is C15H21N3OS. The maximum absolute atomic E-state index is 5.71. The number of aryl methyl sites for hydroxylation is 1. The Bertz CT molecular complexity index is 543. The number of rotatable bonds is 5. The highest BCUT2D eigenvalue weighted by Gasteiger charge is 2.11. The van der Waals surface area contributed by atoms with Crippen LogP contribution in [0.3, 0.4) is 0 Å².